The minimum Gasteiger partial charge on any atom is -0.332 e. The second kappa shape index (κ2) is 7.95. The van der Waals surface area contributed by atoms with Gasteiger partial charge in [-0.2, -0.15) is 0 Å². The summed E-state index contributed by atoms with van der Waals surface area (Å²) < 4.78 is 0. The summed E-state index contributed by atoms with van der Waals surface area (Å²) in [6, 6.07) is 26.9. The van der Waals surface area contributed by atoms with Crippen molar-refractivity contribution in [3.63, 3.8) is 0 Å². The highest BCUT2D eigenvalue weighted by Gasteiger charge is 2.14. The minimum absolute atomic E-state index is 0.701. The lowest BCUT2D eigenvalue weighted by Crippen LogP contribution is -2.34. The van der Waals surface area contributed by atoms with Gasteiger partial charge in [-0.3, -0.25) is 0 Å². The fourth-order valence-electron chi connectivity index (χ4n) is 2.84. The number of rotatable bonds is 4. The first kappa shape index (κ1) is 17.2. The molecule has 0 aromatic heterocycles. The van der Waals surface area contributed by atoms with Crippen LogP contribution in [-0.4, -0.2) is 5.11 Å². The van der Waals surface area contributed by atoms with Gasteiger partial charge < -0.3 is 10.2 Å². The van der Waals surface area contributed by atoms with Crippen molar-refractivity contribution in [1.82, 2.24) is 0 Å². The van der Waals surface area contributed by atoms with E-state index in [4.69, 9.17) is 12.2 Å². The molecule has 3 heteroatoms. The molecular weight excluding hydrogens is 324 g/mol. The third-order valence-electron chi connectivity index (χ3n) is 4.21. The summed E-state index contributed by atoms with van der Waals surface area (Å²) in [5.74, 6) is 0. The number of aryl methyl sites for hydroxylation is 2. The molecule has 3 rings (SSSR count). The van der Waals surface area contributed by atoms with Crippen molar-refractivity contribution in [2.24, 2.45) is 0 Å². The lowest BCUT2D eigenvalue weighted by molar-refractivity contribution is 1.01. The zero-order valence-electron chi connectivity index (χ0n) is 14.6. The van der Waals surface area contributed by atoms with Crippen LogP contribution in [0.15, 0.2) is 78.9 Å². The van der Waals surface area contributed by atoms with Gasteiger partial charge in [-0.05, 0) is 54.9 Å². The number of hydrogen-bond acceptors (Lipinski definition) is 1. The van der Waals surface area contributed by atoms with Crippen LogP contribution < -0.4 is 10.2 Å². The summed E-state index contributed by atoms with van der Waals surface area (Å²) in [6.45, 7) is 4.92. The highest BCUT2D eigenvalue weighted by atomic mass is 32.1. The Kier molecular flexibility index (Phi) is 5.46. The van der Waals surface area contributed by atoms with Crippen molar-refractivity contribution >= 4 is 28.7 Å². The van der Waals surface area contributed by atoms with Crippen LogP contribution in [0.3, 0.4) is 0 Å². The molecule has 0 aliphatic carbocycles. The molecular formula is C22H22N2S. The predicted octanol–water partition coefficient (Wildman–Crippen LogP) is 5.71. The van der Waals surface area contributed by atoms with Crippen molar-refractivity contribution in [3.8, 4) is 0 Å². The van der Waals surface area contributed by atoms with E-state index < -0.39 is 0 Å². The van der Waals surface area contributed by atoms with Crippen LogP contribution >= 0.6 is 12.2 Å². The van der Waals surface area contributed by atoms with Crippen LogP contribution in [0.4, 0.5) is 11.4 Å². The average Bonchev–Trinajstić information content (AvgIpc) is 2.64. The molecule has 3 aromatic rings. The summed E-state index contributed by atoms with van der Waals surface area (Å²) in [7, 11) is 0. The van der Waals surface area contributed by atoms with Gasteiger partial charge in [0, 0.05) is 11.4 Å². The smallest absolute Gasteiger partial charge is 0.178 e. The Morgan fingerprint density at radius 3 is 1.96 bits per heavy atom. The molecule has 0 bridgehead atoms. The molecule has 0 aliphatic heterocycles. The molecule has 0 heterocycles. The molecule has 0 saturated carbocycles. The third kappa shape index (κ3) is 4.25. The van der Waals surface area contributed by atoms with E-state index in [1.165, 1.54) is 16.7 Å². The van der Waals surface area contributed by atoms with Gasteiger partial charge in [-0.15, -0.1) is 0 Å². The van der Waals surface area contributed by atoms with Gasteiger partial charge in [-0.1, -0.05) is 66.7 Å². The normalized spacial score (nSPS) is 10.3. The summed E-state index contributed by atoms with van der Waals surface area (Å²) in [5.41, 5.74) is 5.76. The number of hydrogen-bond donors (Lipinski definition) is 1. The molecule has 0 amide bonds. The van der Waals surface area contributed by atoms with Crippen molar-refractivity contribution in [3.05, 3.63) is 95.6 Å². The molecule has 0 atom stereocenters. The summed E-state index contributed by atoms with van der Waals surface area (Å²) >= 11 is 5.77. The molecule has 126 valence electrons. The van der Waals surface area contributed by atoms with Crippen LogP contribution in [-0.2, 0) is 6.54 Å². The number of thiocarbonyl (C=S) groups is 1. The topological polar surface area (TPSA) is 15.3 Å². The predicted molar refractivity (Wildman–Crippen MR) is 111 cm³/mol. The summed E-state index contributed by atoms with van der Waals surface area (Å²) in [4.78, 5) is 2.14. The van der Waals surface area contributed by atoms with Crippen molar-refractivity contribution < 1.29 is 0 Å². The van der Waals surface area contributed by atoms with E-state index in [-0.39, 0.29) is 0 Å². The van der Waals surface area contributed by atoms with Crippen LogP contribution in [0, 0.1) is 13.8 Å². The Morgan fingerprint density at radius 2 is 1.36 bits per heavy atom. The first-order chi connectivity index (χ1) is 12.1. The Morgan fingerprint density at radius 1 is 0.800 bits per heavy atom. The van der Waals surface area contributed by atoms with Gasteiger partial charge in [0.05, 0.1) is 6.54 Å². The van der Waals surface area contributed by atoms with E-state index >= 15 is 0 Å². The fraction of sp³-hybridized carbons (Fsp3) is 0.136. The van der Waals surface area contributed by atoms with Gasteiger partial charge in [0.25, 0.3) is 0 Å². The first-order valence-corrected chi connectivity index (χ1v) is 8.79. The Bertz CT molecular complexity index is 824. The zero-order chi connectivity index (χ0) is 17.6. The molecule has 2 nitrogen and oxygen atoms in total. The maximum atomic E-state index is 5.77. The van der Waals surface area contributed by atoms with E-state index in [0.29, 0.717) is 5.11 Å². The van der Waals surface area contributed by atoms with Crippen molar-refractivity contribution in [2.45, 2.75) is 20.4 Å². The maximum Gasteiger partial charge on any atom is 0.178 e. The van der Waals surface area contributed by atoms with Gasteiger partial charge in [-0.25, -0.2) is 0 Å². The molecule has 0 unspecified atom stereocenters. The number of anilines is 2. The highest BCUT2D eigenvalue weighted by Crippen LogP contribution is 2.23. The SMILES string of the molecule is Cc1cccc(C)c1NC(=S)N(Cc1ccccc1)c1ccccc1. The first-order valence-electron chi connectivity index (χ1n) is 8.39. The number of para-hydroxylation sites is 2. The Balaban J connectivity index is 1.90. The van der Waals surface area contributed by atoms with Gasteiger partial charge in [0.2, 0.25) is 0 Å². The average molecular weight is 346 g/mol. The zero-order valence-corrected chi connectivity index (χ0v) is 15.4. The largest absolute Gasteiger partial charge is 0.332 e. The highest BCUT2D eigenvalue weighted by molar-refractivity contribution is 7.80. The molecule has 3 aromatic carbocycles. The minimum atomic E-state index is 0.701. The standard InChI is InChI=1S/C22H22N2S/c1-17-10-9-11-18(2)21(17)23-22(25)24(20-14-7-4-8-15-20)16-19-12-5-3-6-13-19/h3-15H,16H2,1-2H3,(H,23,25). The van der Waals surface area contributed by atoms with Crippen LogP contribution in [0.2, 0.25) is 0 Å². The third-order valence-corrected chi connectivity index (χ3v) is 4.53. The van der Waals surface area contributed by atoms with E-state index in [1.54, 1.807) is 0 Å². The van der Waals surface area contributed by atoms with E-state index in [2.05, 4.69) is 78.7 Å². The summed E-state index contributed by atoms with van der Waals surface area (Å²) in [5, 5.41) is 4.16. The Labute approximate surface area is 155 Å². The summed E-state index contributed by atoms with van der Waals surface area (Å²) in [6.07, 6.45) is 0. The number of benzene rings is 3. The van der Waals surface area contributed by atoms with Gasteiger partial charge in [0.15, 0.2) is 5.11 Å². The van der Waals surface area contributed by atoms with Crippen molar-refractivity contribution in [2.75, 3.05) is 10.2 Å². The van der Waals surface area contributed by atoms with E-state index in [1.807, 2.05) is 24.3 Å². The molecule has 0 fully saturated rings. The van der Waals surface area contributed by atoms with E-state index in [9.17, 15) is 0 Å². The van der Waals surface area contributed by atoms with Gasteiger partial charge in [0.1, 0.15) is 0 Å². The molecule has 25 heavy (non-hydrogen) atoms. The monoisotopic (exact) mass is 346 g/mol. The molecule has 0 aliphatic rings. The quantitative estimate of drug-likeness (QED) is 0.609. The second-order valence-corrected chi connectivity index (χ2v) is 6.49. The van der Waals surface area contributed by atoms with Crippen molar-refractivity contribution in [1.29, 1.82) is 0 Å². The van der Waals surface area contributed by atoms with Crippen LogP contribution in [0.1, 0.15) is 16.7 Å². The molecule has 1 N–H and O–H groups in total. The molecule has 0 radical (unpaired) electrons. The number of nitrogens with one attached hydrogen (secondary N) is 1. The fourth-order valence-corrected chi connectivity index (χ4v) is 3.11. The van der Waals surface area contributed by atoms with Crippen LogP contribution in [0.5, 0.6) is 0 Å². The van der Waals surface area contributed by atoms with Gasteiger partial charge >= 0.3 is 0 Å². The number of nitrogens with zero attached hydrogens (tertiary/aromatic N) is 1. The lowest BCUT2D eigenvalue weighted by atomic mass is 10.1. The second-order valence-electron chi connectivity index (χ2n) is 6.10. The van der Waals surface area contributed by atoms with Crippen LogP contribution in [0.25, 0.3) is 0 Å². The lowest BCUT2D eigenvalue weighted by Gasteiger charge is -2.27. The molecule has 0 spiro atoms. The Hall–Kier alpha value is -2.65. The molecule has 0 saturated heterocycles. The maximum absolute atomic E-state index is 5.77. The van der Waals surface area contributed by atoms with E-state index in [0.717, 1.165) is 17.9 Å².